The number of methoxy groups -OCH3 is 4. The van der Waals surface area contributed by atoms with Gasteiger partial charge in [0.05, 0.1) is 73.7 Å². The minimum atomic E-state index is -3.91. The molecule has 2 unspecified atom stereocenters. The number of amides is 3. The molecule has 3 atom stereocenters. The molecule has 114 heavy (non-hydrogen) atoms. The molecular formula is C86H91BrCl2N6O16S3. The van der Waals surface area contributed by atoms with Crippen LogP contribution >= 0.6 is 39.1 Å². The normalized spacial score (nSPS) is 18.1. The summed E-state index contributed by atoms with van der Waals surface area (Å²) >= 11 is 15.5. The number of benzene rings is 9. The Morgan fingerprint density at radius 2 is 0.711 bits per heavy atom. The summed E-state index contributed by atoms with van der Waals surface area (Å²) in [5, 5.41) is 0.519. The van der Waals surface area contributed by atoms with Crippen LogP contribution in [0.25, 0.3) is 0 Å². The zero-order chi connectivity index (χ0) is 80.4. The molecule has 28 heteroatoms. The van der Waals surface area contributed by atoms with Crippen LogP contribution in [-0.4, -0.2) is 109 Å². The molecule has 6 fully saturated rings. The van der Waals surface area contributed by atoms with Crippen LogP contribution in [0.2, 0.25) is 10.0 Å². The number of anilines is 6. The lowest BCUT2D eigenvalue weighted by Gasteiger charge is -2.20. The number of ether oxygens (including phenoxy) is 7. The van der Waals surface area contributed by atoms with E-state index in [0.717, 1.165) is 61.0 Å². The molecule has 3 saturated carbocycles. The van der Waals surface area contributed by atoms with Crippen LogP contribution < -0.4 is 62.0 Å². The highest BCUT2D eigenvalue weighted by Crippen LogP contribution is 2.44. The highest BCUT2D eigenvalue weighted by atomic mass is 79.9. The van der Waals surface area contributed by atoms with Crippen LogP contribution in [0.4, 0.5) is 34.1 Å². The summed E-state index contributed by atoms with van der Waals surface area (Å²) in [5.74, 6) is 4.52. The van der Waals surface area contributed by atoms with Crippen molar-refractivity contribution in [3.8, 4) is 40.2 Å². The fourth-order valence-corrected chi connectivity index (χ4v) is 20.6. The van der Waals surface area contributed by atoms with Crippen molar-refractivity contribution in [3.05, 3.63) is 225 Å². The van der Waals surface area contributed by atoms with E-state index in [2.05, 4.69) is 30.1 Å². The summed E-state index contributed by atoms with van der Waals surface area (Å²) in [6.45, 7) is 3.11. The summed E-state index contributed by atoms with van der Waals surface area (Å²) in [6.07, 6.45) is 14.9. The molecule has 6 aliphatic rings. The molecule has 3 aliphatic heterocycles. The summed E-state index contributed by atoms with van der Waals surface area (Å²) < 4.78 is 127. The van der Waals surface area contributed by atoms with Crippen LogP contribution in [0, 0.1) is 6.92 Å². The van der Waals surface area contributed by atoms with Gasteiger partial charge in [-0.3, -0.25) is 28.5 Å². The Balaban J connectivity index is 0.000000149. The Hall–Kier alpha value is -9.70. The summed E-state index contributed by atoms with van der Waals surface area (Å²) in [6, 6.07) is 54.0. The van der Waals surface area contributed by atoms with Crippen molar-refractivity contribution in [2.75, 3.05) is 76.9 Å². The van der Waals surface area contributed by atoms with E-state index < -0.39 is 30.1 Å². The Morgan fingerprint density at radius 3 is 1.08 bits per heavy atom. The van der Waals surface area contributed by atoms with E-state index in [4.69, 9.17) is 56.4 Å². The Kier molecular flexibility index (Phi) is 26.3. The molecule has 600 valence electrons. The second kappa shape index (κ2) is 36.4. The third-order valence-electron chi connectivity index (χ3n) is 21.4. The van der Waals surface area contributed by atoms with Gasteiger partial charge in [0.1, 0.15) is 15.5 Å². The summed E-state index contributed by atoms with van der Waals surface area (Å²) in [7, 11) is -5.29. The van der Waals surface area contributed by atoms with Gasteiger partial charge in [0, 0.05) is 89.3 Å². The van der Waals surface area contributed by atoms with E-state index in [9.17, 15) is 39.6 Å². The van der Waals surface area contributed by atoms with E-state index in [0.29, 0.717) is 123 Å². The third-order valence-corrected chi connectivity index (χ3v) is 27.6. The molecule has 9 aromatic rings. The molecule has 0 radical (unpaired) electrons. The molecule has 0 bridgehead atoms. The van der Waals surface area contributed by atoms with Crippen LogP contribution in [0.15, 0.2) is 207 Å². The average Bonchev–Trinajstić information content (AvgIpc) is 1.56. The molecule has 3 aliphatic carbocycles. The topological polar surface area (TPSA) is 264 Å². The monoisotopic (exact) mass is 1710 g/mol. The fraction of sp³-hybridized carbons (Fsp3) is 0.337. The van der Waals surface area contributed by atoms with Crippen molar-refractivity contribution in [1.82, 2.24) is 0 Å². The van der Waals surface area contributed by atoms with Gasteiger partial charge in [-0.1, -0.05) is 77.8 Å². The molecule has 0 aromatic heterocycles. The summed E-state index contributed by atoms with van der Waals surface area (Å²) in [4.78, 5) is 44.4. The van der Waals surface area contributed by atoms with E-state index in [1.807, 2.05) is 66.7 Å². The quantitative estimate of drug-likeness (QED) is 0.0480. The number of hydrogen-bond acceptors (Lipinski definition) is 16. The zero-order valence-electron chi connectivity index (χ0n) is 63.8. The van der Waals surface area contributed by atoms with E-state index in [-0.39, 0.29) is 73.5 Å². The zero-order valence-corrected chi connectivity index (χ0v) is 69.4. The Labute approximate surface area is 685 Å². The van der Waals surface area contributed by atoms with E-state index >= 15 is 0 Å². The first-order chi connectivity index (χ1) is 54.8. The van der Waals surface area contributed by atoms with Crippen molar-refractivity contribution in [2.24, 2.45) is 0 Å². The molecule has 3 N–H and O–H groups in total. The average molecular weight is 1710 g/mol. The predicted octanol–water partition coefficient (Wildman–Crippen LogP) is 18.4. The molecule has 0 spiro atoms. The second-order valence-electron chi connectivity index (χ2n) is 29.1. The number of halogens is 3. The first-order valence-corrected chi connectivity index (χ1v) is 44.0. The first kappa shape index (κ1) is 82.3. The molecule has 3 heterocycles. The number of sulfonamides is 3. The van der Waals surface area contributed by atoms with Gasteiger partial charge in [0.25, 0.3) is 30.1 Å². The minimum Gasteiger partial charge on any atom is -0.497 e. The smallest absolute Gasteiger partial charge is 0.263 e. The second-order valence-corrected chi connectivity index (χ2v) is 35.7. The molecule has 15 rings (SSSR count). The van der Waals surface area contributed by atoms with Gasteiger partial charge < -0.3 is 47.9 Å². The predicted molar refractivity (Wildman–Crippen MR) is 447 cm³/mol. The van der Waals surface area contributed by atoms with Crippen LogP contribution in [0.3, 0.4) is 0 Å². The van der Waals surface area contributed by atoms with Gasteiger partial charge in [-0.2, -0.15) is 0 Å². The lowest BCUT2D eigenvalue weighted by Crippen LogP contribution is -2.24. The molecular weight excluding hydrogens is 1620 g/mol. The molecule has 22 nitrogen and oxygen atoms in total. The van der Waals surface area contributed by atoms with Gasteiger partial charge in [-0.15, -0.1) is 0 Å². The van der Waals surface area contributed by atoms with Crippen LogP contribution in [0.1, 0.15) is 136 Å². The standard InChI is InChI=1S/C29H31BrN2O6S.C29H31ClN2O5S.C28H29ClN2O5S/c1-36-24-11-12-25(30)28(17-24)39(34,35)31-21-6-5-7-22(16-21)32-18-20(15-29(32)33)19-10-13-26(37-2)27(14-19)38-23-8-3-4-9-23;1-19-25(30)11-6-12-28(19)38(34,35)31-22-7-5-8-23(17-22)32-18-21(16-29(32)33)20-13-14-26(36-2)27(15-20)37-24-9-3-4-10-24;1-35-25-14-13-19(15-26(25)36-23-9-2-3-10-23)20-16-28(32)31(18-20)22-8-6-7-21(17-22)30-37(33,34)27-12-5-4-11-24(27)29/h5-7,10-14,16-17,20,23,31H,3-4,8-9,15,18H2,1-2H3;5-8,11-15,17,21,24,31H,3-4,9-10,16,18H2,1-2H3;4-8,11-15,17,20,23,30H,2-3,9-10,16,18H2,1H3/t;21-;/m.1./s1. The van der Waals surface area contributed by atoms with Gasteiger partial charge in [0.2, 0.25) is 17.7 Å². The van der Waals surface area contributed by atoms with Crippen molar-refractivity contribution < 1.29 is 72.8 Å². The van der Waals surface area contributed by atoms with Crippen LogP contribution in [0.5, 0.6) is 40.2 Å². The van der Waals surface area contributed by atoms with Crippen molar-refractivity contribution in [2.45, 2.75) is 154 Å². The van der Waals surface area contributed by atoms with Gasteiger partial charge >= 0.3 is 0 Å². The number of carbonyl (C=O) groups is 3. The third kappa shape index (κ3) is 19.6. The Morgan fingerprint density at radius 1 is 0.368 bits per heavy atom. The SMILES string of the molecule is COc1ccc(Br)c(S(=O)(=O)Nc2cccc(N3CC(c4ccc(OC)c(OC5CCCC5)c4)CC3=O)c2)c1.COc1ccc(C2CC(=O)N(c3cccc(NS(=O)(=O)c4ccccc4Cl)c3)C2)cc1OC1CCCC1.COc1ccc([C@@H]2CC(=O)N(c3cccc(NS(=O)(=O)c4cccc(Cl)c4C)c3)C2)cc1OC1CCCC1. The molecule has 3 saturated heterocycles. The minimum absolute atomic E-state index is 0.00508. The van der Waals surface area contributed by atoms with Crippen LogP contribution in [-0.2, 0) is 44.5 Å². The molecule has 3 amide bonds. The number of rotatable bonds is 25. The first-order valence-electron chi connectivity index (χ1n) is 38.0. The highest BCUT2D eigenvalue weighted by Gasteiger charge is 2.37. The van der Waals surface area contributed by atoms with E-state index in [1.165, 1.54) is 69.9 Å². The molecule has 9 aromatic carbocycles. The number of hydrogen-bond donors (Lipinski definition) is 3. The van der Waals surface area contributed by atoms with Crippen molar-refractivity contribution in [1.29, 1.82) is 0 Å². The number of nitrogens with zero attached hydrogens (tertiary/aromatic N) is 3. The van der Waals surface area contributed by atoms with Crippen molar-refractivity contribution in [3.63, 3.8) is 0 Å². The Bertz CT molecular complexity index is 5380. The van der Waals surface area contributed by atoms with E-state index in [1.54, 1.807) is 140 Å². The largest absolute Gasteiger partial charge is 0.497 e. The maximum absolute atomic E-state index is 13.1. The van der Waals surface area contributed by atoms with Gasteiger partial charge in [0.15, 0.2) is 34.5 Å². The lowest BCUT2D eigenvalue weighted by atomic mass is 9.98. The maximum Gasteiger partial charge on any atom is 0.263 e. The van der Waals surface area contributed by atoms with Gasteiger partial charge in [-0.05, 0) is 250 Å². The van der Waals surface area contributed by atoms with Gasteiger partial charge in [-0.25, -0.2) is 25.3 Å². The highest BCUT2D eigenvalue weighted by molar-refractivity contribution is 9.10. The fourth-order valence-electron chi connectivity index (χ4n) is 15.4. The van der Waals surface area contributed by atoms with Crippen molar-refractivity contribution >= 4 is 121 Å². The number of nitrogens with one attached hydrogen (secondary N) is 3. The number of carbonyl (C=O) groups excluding carboxylic acids is 3. The maximum atomic E-state index is 13.1. The summed E-state index contributed by atoms with van der Waals surface area (Å²) in [5.41, 5.74) is 6.49. The lowest BCUT2D eigenvalue weighted by molar-refractivity contribution is -0.118.